The van der Waals surface area contributed by atoms with Crippen molar-refractivity contribution in [1.29, 1.82) is 0 Å². The molecule has 0 spiro atoms. The Bertz CT molecular complexity index is 352. The van der Waals surface area contributed by atoms with Crippen LogP contribution in [-0.4, -0.2) is 13.2 Å². The van der Waals surface area contributed by atoms with Crippen molar-refractivity contribution < 1.29 is 4.74 Å². The SMILES string of the molecule is NCCOc1cc2c(cc1Br)CCCC2. The summed E-state index contributed by atoms with van der Waals surface area (Å²) < 4.78 is 6.63. The molecule has 1 aromatic rings. The lowest BCUT2D eigenvalue weighted by Gasteiger charge is -2.18. The van der Waals surface area contributed by atoms with Gasteiger partial charge < -0.3 is 10.5 Å². The number of aryl methyl sites for hydroxylation is 2. The van der Waals surface area contributed by atoms with E-state index >= 15 is 0 Å². The first-order valence-corrected chi connectivity index (χ1v) is 6.24. The van der Waals surface area contributed by atoms with Gasteiger partial charge in [-0.3, -0.25) is 0 Å². The smallest absolute Gasteiger partial charge is 0.133 e. The van der Waals surface area contributed by atoms with Gasteiger partial charge in [-0.05, 0) is 64.9 Å². The van der Waals surface area contributed by atoms with Crippen molar-refractivity contribution in [3.05, 3.63) is 27.7 Å². The maximum Gasteiger partial charge on any atom is 0.133 e. The fraction of sp³-hybridized carbons (Fsp3) is 0.500. The quantitative estimate of drug-likeness (QED) is 0.916. The Morgan fingerprint density at radius 3 is 2.53 bits per heavy atom. The minimum Gasteiger partial charge on any atom is -0.491 e. The molecule has 2 nitrogen and oxygen atoms in total. The van der Waals surface area contributed by atoms with E-state index in [0.717, 1.165) is 10.2 Å². The largest absolute Gasteiger partial charge is 0.491 e. The number of benzene rings is 1. The number of fused-ring (bicyclic) bond motifs is 1. The van der Waals surface area contributed by atoms with Gasteiger partial charge >= 0.3 is 0 Å². The maximum absolute atomic E-state index is 5.58. The van der Waals surface area contributed by atoms with Gasteiger partial charge in [-0.25, -0.2) is 0 Å². The molecular formula is C12H16BrNO. The van der Waals surface area contributed by atoms with Gasteiger partial charge in [-0.15, -0.1) is 0 Å². The molecule has 0 radical (unpaired) electrons. The summed E-state index contributed by atoms with van der Waals surface area (Å²) in [6.07, 6.45) is 4.99. The van der Waals surface area contributed by atoms with Crippen molar-refractivity contribution in [1.82, 2.24) is 0 Å². The molecule has 0 amide bonds. The number of nitrogens with two attached hydrogens (primary N) is 1. The molecule has 0 heterocycles. The summed E-state index contributed by atoms with van der Waals surface area (Å²) in [5.41, 5.74) is 8.33. The fourth-order valence-electron chi connectivity index (χ4n) is 2.01. The standard InChI is InChI=1S/C12H16BrNO/c13-11-7-9-3-1-2-4-10(9)8-12(11)15-6-5-14/h7-8H,1-6,14H2. The first kappa shape index (κ1) is 11.0. The van der Waals surface area contributed by atoms with Gasteiger partial charge in [0.25, 0.3) is 0 Å². The molecule has 15 heavy (non-hydrogen) atoms. The van der Waals surface area contributed by atoms with E-state index in [4.69, 9.17) is 10.5 Å². The van der Waals surface area contributed by atoms with Crippen LogP contribution in [0.15, 0.2) is 16.6 Å². The molecule has 0 saturated carbocycles. The second-order valence-corrected chi connectivity index (χ2v) is 4.75. The van der Waals surface area contributed by atoms with Crippen LogP contribution in [0.5, 0.6) is 5.75 Å². The van der Waals surface area contributed by atoms with E-state index in [0.29, 0.717) is 13.2 Å². The van der Waals surface area contributed by atoms with Crippen molar-refractivity contribution in [3.63, 3.8) is 0 Å². The lowest BCUT2D eigenvalue weighted by molar-refractivity contribution is 0.325. The van der Waals surface area contributed by atoms with Crippen LogP contribution in [0.3, 0.4) is 0 Å². The van der Waals surface area contributed by atoms with Crippen LogP contribution < -0.4 is 10.5 Å². The highest BCUT2D eigenvalue weighted by Crippen LogP contribution is 2.32. The molecule has 0 fully saturated rings. The average molecular weight is 270 g/mol. The topological polar surface area (TPSA) is 35.2 Å². The molecule has 3 heteroatoms. The Kier molecular flexibility index (Phi) is 3.65. The molecule has 0 atom stereocenters. The highest BCUT2D eigenvalue weighted by Gasteiger charge is 2.12. The molecule has 82 valence electrons. The van der Waals surface area contributed by atoms with Crippen molar-refractivity contribution in [3.8, 4) is 5.75 Å². The van der Waals surface area contributed by atoms with Gasteiger partial charge in [0.15, 0.2) is 0 Å². The highest BCUT2D eigenvalue weighted by atomic mass is 79.9. The Labute approximate surface area is 98.9 Å². The zero-order chi connectivity index (χ0) is 10.7. The summed E-state index contributed by atoms with van der Waals surface area (Å²) in [5.74, 6) is 0.932. The third-order valence-corrected chi connectivity index (χ3v) is 3.39. The molecule has 1 aliphatic rings. The van der Waals surface area contributed by atoms with E-state index in [2.05, 4.69) is 28.1 Å². The van der Waals surface area contributed by atoms with E-state index in [1.807, 2.05) is 0 Å². The van der Waals surface area contributed by atoms with Crippen LogP contribution in [0.4, 0.5) is 0 Å². The van der Waals surface area contributed by atoms with Gasteiger partial charge in [0.2, 0.25) is 0 Å². The van der Waals surface area contributed by atoms with Crippen molar-refractivity contribution in [2.75, 3.05) is 13.2 Å². The third kappa shape index (κ3) is 2.52. The Balaban J connectivity index is 2.24. The van der Waals surface area contributed by atoms with Gasteiger partial charge in [-0.2, -0.15) is 0 Å². The number of hydrogen-bond donors (Lipinski definition) is 1. The Morgan fingerprint density at radius 1 is 1.20 bits per heavy atom. The van der Waals surface area contributed by atoms with Crippen LogP contribution >= 0.6 is 15.9 Å². The second-order valence-electron chi connectivity index (χ2n) is 3.90. The monoisotopic (exact) mass is 269 g/mol. The Hall–Kier alpha value is -0.540. The van der Waals surface area contributed by atoms with Crippen LogP contribution in [0.25, 0.3) is 0 Å². The van der Waals surface area contributed by atoms with Crippen molar-refractivity contribution in [2.45, 2.75) is 25.7 Å². The summed E-state index contributed by atoms with van der Waals surface area (Å²) in [5, 5.41) is 0. The summed E-state index contributed by atoms with van der Waals surface area (Å²) in [4.78, 5) is 0. The summed E-state index contributed by atoms with van der Waals surface area (Å²) >= 11 is 3.54. The third-order valence-electron chi connectivity index (χ3n) is 2.77. The molecule has 2 rings (SSSR count). The van der Waals surface area contributed by atoms with E-state index < -0.39 is 0 Å². The van der Waals surface area contributed by atoms with Crippen LogP contribution in [-0.2, 0) is 12.8 Å². The van der Waals surface area contributed by atoms with E-state index in [-0.39, 0.29) is 0 Å². The molecule has 0 aromatic heterocycles. The van der Waals surface area contributed by atoms with E-state index in [1.54, 1.807) is 0 Å². The van der Waals surface area contributed by atoms with Gasteiger partial charge in [-0.1, -0.05) is 0 Å². The molecule has 1 aliphatic carbocycles. The molecule has 0 aliphatic heterocycles. The normalized spacial score (nSPS) is 14.8. The van der Waals surface area contributed by atoms with Crippen molar-refractivity contribution >= 4 is 15.9 Å². The number of hydrogen-bond acceptors (Lipinski definition) is 2. The van der Waals surface area contributed by atoms with Crippen LogP contribution in [0, 0.1) is 0 Å². The number of halogens is 1. The van der Waals surface area contributed by atoms with E-state index in [9.17, 15) is 0 Å². The summed E-state index contributed by atoms with van der Waals surface area (Å²) in [7, 11) is 0. The lowest BCUT2D eigenvalue weighted by atomic mass is 9.92. The molecule has 0 saturated heterocycles. The number of rotatable bonds is 3. The molecule has 2 N–H and O–H groups in total. The molecule has 0 bridgehead atoms. The molecule has 1 aromatic carbocycles. The lowest BCUT2D eigenvalue weighted by Crippen LogP contribution is -2.11. The van der Waals surface area contributed by atoms with Crippen LogP contribution in [0.1, 0.15) is 24.0 Å². The summed E-state index contributed by atoms with van der Waals surface area (Å²) in [6, 6.07) is 4.36. The Morgan fingerprint density at radius 2 is 1.87 bits per heavy atom. The molecule has 0 unspecified atom stereocenters. The van der Waals surface area contributed by atoms with Gasteiger partial charge in [0.05, 0.1) is 4.47 Å². The second kappa shape index (κ2) is 4.99. The minimum atomic E-state index is 0.559. The first-order chi connectivity index (χ1) is 7.31. The number of ether oxygens (including phenoxy) is 1. The van der Waals surface area contributed by atoms with Crippen LogP contribution in [0.2, 0.25) is 0 Å². The zero-order valence-corrected chi connectivity index (χ0v) is 10.3. The van der Waals surface area contributed by atoms with Gasteiger partial charge in [0.1, 0.15) is 12.4 Å². The first-order valence-electron chi connectivity index (χ1n) is 5.45. The van der Waals surface area contributed by atoms with E-state index in [1.165, 1.54) is 36.8 Å². The zero-order valence-electron chi connectivity index (χ0n) is 8.76. The predicted molar refractivity (Wildman–Crippen MR) is 65.3 cm³/mol. The fourth-order valence-corrected chi connectivity index (χ4v) is 2.52. The predicted octanol–water partition coefficient (Wildman–Crippen LogP) is 2.67. The van der Waals surface area contributed by atoms with Gasteiger partial charge in [0, 0.05) is 6.54 Å². The molecular weight excluding hydrogens is 254 g/mol. The van der Waals surface area contributed by atoms with Crippen molar-refractivity contribution in [2.24, 2.45) is 5.73 Å². The highest BCUT2D eigenvalue weighted by molar-refractivity contribution is 9.10. The minimum absolute atomic E-state index is 0.559. The summed E-state index contributed by atoms with van der Waals surface area (Å²) in [6.45, 7) is 1.14. The maximum atomic E-state index is 5.58. The average Bonchev–Trinajstić information content (AvgIpc) is 2.26.